The molecule has 1 saturated heterocycles. The standard InChI is InChI=1S/C17H15NO4/c19-16(14-15(22-14)17(20)21)18(13-9-5-2-6-10-13)11-12-7-3-1-4-8-12/h1-10,14-15H,11H2,(H,20,21). The Balaban J connectivity index is 1.84. The lowest BCUT2D eigenvalue weighted by Gasteiger charge is -2.22. The third kappa shape index (κ3) is 2.99. The highest BCUT2D eigenvalue weighted by Gasteiger charge is 2.52. The van der Waals surface area contributed by atoms with Crippen LogP contribution in [0.25, 0.3) is 0 Å². The zero-order valence-electron chi connectivity index (χ0n) is 11.8. The summed E-state index contributed by atoms with van der Waals surface area (Å²) >= 11 is 0. The normalized spacial score (nSPS) is 19.5. The number of carboxylic acid groups (broad SMARTS) is 1. The van der Waals surface area contributed by atoms with Gasteiger partial charge in [0.2, 0.25) is 0 Å². The molecule has 5 nitrogen and oxygen atoms in total. The predicted octanol–water partition coefficient (Wildman–Crippen LogP) is 2.07. The Labute approximate surface area is 127 Å². The van der Waals surface area contributed by atoms with E-state index < -0.39 is 18.2 Å². The molecule has 1 fully saturated rings. The van der Waals surface area contributed by atoms with Gasteiger partial charge in [0.15, 0.2) is 12.2 Å². The minimum absolute atomic E-state index is 0.331. The van der Waals surface area contributed by atoms with Crippen molar-refractivity contribution >= 4 is 17.6 Å². The Bertz CT molecular complexity index is 672. The molecule has 2 aromatic rings. The van der Waals surface area contributed by atoms with E-state index in [1.807, 2.05) is 60.7 Å². The number of benzene rings is 2. The number of rotatable bonds is 5. The van der Waals surface area contributed by atoms with E-state index in [0.29, 0.717) is 6.54 Å². The molecule has 2 atom stereocenters. The number of carbonyl (C=O) groups excluding carboxylic acids is 1. The molecule has 2 unspecified atom stereocenters. The Hall–Kier alpha value is -2.66. The van der Waals surface area contributed by atoms with Crippen LogP contribution in [-0.4, -0.2) is 29.2 Å². The molecular formula is C17H15NO4. The molecule has 0 saturated carbocycles. The Morgan fingerprint density at radius 3 is 2.09 bits per heavy atom. The predicted molar refractivity (Wildman–Crippen MR) is 80.4 cm³/mol. The molecule has 1 aliphatic heterocycles. The lowest BCUT2D eigenvalue weighted by Crippen LogP contribution is -2.35. The van der Waals surface area contributed by atoms with Gasteiger partial charge in [0.25, 0.3) is 5.91 Å². The van der Waals surface area contributed by atoms with Crippen LogP contribution in [0.2, 0.25) is 0 Å². The first kappa shape index (κ1) is 14.3. The number of carbonyl (C=O) groups is 2. The first-order valence-electron chi connectivity index (χ1n) is 6.95. The van der Waals surface area contributed by atoms with Gasteiger partial charge in [0.1, 0.15) is 0 Å². The van der Waals surface area contributed by atoms with Crippen molar-refractivity contribution in [2.45, 2.75) is 18.8 Å². The number of hydrogen-bond acceptors (Lipinski definition) is 3. The van der Waals surface area contributed by atoms with E-state index in [4.69, 9.17) is 9.84 Å². The van der Waals surface area contributed by atoms with E-state index in [0.717, 1.165) is 11.3 Å². The van der Waals surface area contributed by atoms with Crippen LogP contribution in [0, 0.1) is 0 Å². The second-order valence-corrected chi connectivity index (χ2v) is 5.06. The summed E-state index contributed by atoms with van der Waals surface area (Å²) in [5.41, 5.74) is 1.68. The molecule has 112 valence electrons. The van der Waals surface area contributed by atoms with Gasteiger partial charge in [-0.05, 0) is 17.7 Å². The average molecular weight is 297 g/mol. The zero-order chi connectivity index (χ0) is 15.5. The summed E-state index contributed by atoms with van der Waals surface area (Å²) in [5, 5.41) is 8.92. The maximum Gasteiger partial charge on any atom is 0.336 e. The lowest BCUT2D eigenvalue weighted by molar-refractivity contribution is -0.138. The number of aliphatic carboxylic acids is 1. The number of nitrogens with zero attached hydrogens (tertiary/aromatic N) is 1. The van der Waals surface area contributed by atoms with Gasteiger partial charge >= 0.3 is 5.97 Å². The van der Waals surface area contributed by atoms with Gasteiger partial charge in [0, 0.05) is 5.69 Å². The third-order valence-corrected chi connectivity index (χ3v) is 3.50. The number of amides is 1. The van der Waals surface area contributed by atoms with Crippen molar-refractivity contribution in [2.75, 3.05) is 4.90 Å². The van der Waals surface area contributed by atoms with E-state index in [1.165, 1.54) is 0 Å². The smallest absolute Gasteiger partial charge is 0.336 e. The molecular weight excluding hydrogens is 282 g/mol. The molecule has 5 heteroatoms. The molecule has 1 aliphatic rings. The van der Waals surface area contributed by atoms with Gasteiger partial charge < -0.3 is 14.7 Å². The third-order valence-electron chi connectivity index (χ3n) is 3.50. The van der Waals surface area contributed by atoms with E-state index in [-0.39, 0.29) is 5.91 Å². The van der Waals surface area contributed by atoms with Crippen LogP contribution in [-0.2, 0) is 20.9 Å². The van der Waals surface area contributed by atoms with E-state index in [2.05, 4.69) is 0 Å². The summed E-state index contributed by atoms with van der Waals surface area (Å²) in [6.07, 6.45) is -1.93. The summed E-state index contributed by atoms with van der Waals surface area (Å²) in [6, 6.07) is 18.7. The maximum absolute atomic E-state index is 12.6. The molecule has 0 radical (unpaired) electrons. The number of hydrogen-bond donors (Lipinski definition) is 1. The number of carboxylic acids is 1. The van der Waals surface area contributed by atoms with Crippen LogP contribution >= 0.6 is 0 Å². The molecule has 0 spiro atoms. The fraction of sp³-hybridized carbons (Fsp3) is 0.176. The van der Waals surface area contributed by atoms with Crippen LogP contribution in [0.3, 0.4) is 0 Å². The van der Waals surface area contributed by atoms with E-state index in [1.54, 1.807) is 4.90 Å². The minimum Gasteiger partial charge on any atom is -0.479 e. The molecule has 0 bridgehead atoms. The molecule has 22 heavy (non-hydrogen) atoms. The second-order valence-electron chi connectivity index (χ2n) is 5.06. The van der Waals surface area contributed by atoms with Crippen molar-refractivity contribution < 1.29 is 19.4 Å². The SMILES string of the molecule is O=C(O)C1OC1C(=O)N(Cc1ccccc1)c1ccccc1. The van der Waals surface area contributed by atoms with Crippen LogP contribution in [0.4, 0.5) is 5.69 Å². The summed E-state index contributed by atoms with van der Waals surface area (Å²) in [7, 11) is 0. The Morgan fingerprint density at radius 2 is 1.55 bits per heavy atom. The number of ether oxygens (including phenoxy) is 1. The fourth-order valence-corrected chi connectivity index (χ4v) is 2.31. The summed E-state index contributed by atoms with van der Waals surface area (Å²) < 4.78 is 4.99. The zero-order valence-corrected chi connectivity index (χ0v) is 11.8. The molecule has 3 rings (SSSR count). The second kappa shape index (κ2) is 5.99. The van der Waals surface area contributed by atoms with Gasteiger partial charge in [-0.2, -0.15) is 0 Å². The Morgan fingerprint density at radius 1 is 0.955 bits per heavy atom. The number of epoxide rings is 1. The number of anilines is 1. The largest absolute Gasteiger partial charge is 0.479 e. The van der Waals surface area contributed by atoms with E-state index in [9.17, 15) is 9.59 Å². The Kier molecular flexibility index (Phi) is 3.89. The topological polar surface area (TPSA) is 70.1 Å². The number of para-hydroxylation sites is 1. The van der Waals surface area contributed by atoms with Gasteiger partial charge in [-0.1, -0.05) is 48.5 Å². The average Bonchev–Trinajstić information content (AvgIpc) is 3.35. The minimum atomic E-state index is -1.11. The molecule has 1 N–H and O–H groups in total. The van der Waals surface area contributed by atoms with Crippen molar-refractivity contribution in [2.24, 2.45) is 0 Å². The summed E-state index contributed by atoms with van der Waals surface area (Å²) in [6.45, 7) is 0.371. The van der Waals surface area contributed by atoms with Crippen LogP contribution in [0.15, 0.2) is 60.7 Å². The van der Waals surface area contributed by atoms with Gasteiger partial charge in [-0.25, -0.2) is 4.79 Å². The first-order chi connectivity index (χ1) is 10.7. The summed E-state index contributed by atoms with van der Waals surface area (Å²) in [5.74, 6) is -1.44. The van der Waals surface area contributed by atoms with Crippen molar-refractivity contribution in [3.8, 4) is 0 Å². The quantitative estimate of drug-likeness (QED) is 0.858. The summed E-state index contributed by atoms with van der Waals surface area (Å²) in [4.78, 5) is 25.0. The van der Waals surface area contributed by atoms with Crippen molar-refractivity contribution in [3.63, 3.8) is 0 Å². The van der Waals surface area contributed by atoms with Crippen molar-refractivity contribution in [1.82, 2.24) is 0 Å². The molecule has 0 aromatic heterocycles. The van der Waals surface area contributed by atoms with E-state index >= 15 is 0 Å². The molecule has 0 aliphatic carbocycles. The van der Waals surface area contributed by atoms with Crippen LogP contribution < -0.4 is 4.90 Å². The van der Waals surface area contributed by atoms with Gasteiger partial charge in [-0.3, -0.25) is 4.79 Å². The van der Waals surface area contributed by atoms with Gasteiger partial charge in [-0.15, -0.1) is 0 Å². The highest BCUT2D eigenvalue weighted by atomic mass is 16.6. The highest BCUT2D eigenvalue weighted by molar-refractivity contribution is 6.02. The monoisotopic (exact) mass is 297 g/mol. The van der Waals surface area contributed by atoms with Crippen molar-refractivity contribution in [1.29, 1.82) is 0 Å². The van der Waals surface area contributed by atoms with Crippen molar-refractivity contribution in [3.05, 3.63) is 66.2 Å². The fourth-order valence-electron chi connectivity index (χ4n) is 2.31. The van der Waals surface area contributed by atoms with Crippen LogP contribution in [0.1, 0.15) is 5.56 Å². The molecule has 1 amide bonds. The highest BCUT2D eigenvalue weighted by Crippen LogP contribution is 2.28. The lowest BCUT2D eigenvalue weighted by atomic mass is 10.1. The molecule has 2 aromatic carbocycles. The first-order valence-corrected chi connectivity index (χ1v) is 6.95. The maximum atomic E-state index is 12.6. The van der Waals surface area contributed by atoms with Crippen LogP contribution in [0.5, 0.6) is 0 Å². The molecule has 1 heterocycles. The van der Waals surface area contributed by atoms with Gasteiger partial charge in [0.05, 0.1) is 6.54 Å².